The number of aliphatic carboxylic acids is 1. The topological polar surface area (TPSA) is 92.9 Å². The van der Waals surface area contributed by atoms with Crippen molar-refractivity contribution in [3.8, 4) is 0 Å². The monoisotopic (exact) mass is 334 g/mol. The van der Waals surface area contributed by atoms with Gasteiger partial charge >= 0.3 is 18.2 Å². The Kier molecular flexibility index (Phi) is 5.97. The maximum atomic E-state index is 11.5. The van der Waals surface area contributed by atoms with E-state index in [9.17, 15) is 18.0 Å². The molecule has 3 N–H and O–H groups in total. The van der Waals surface area contributed by atoms with Gasteiger partial charge in [-0.1, -0.05) is 30.3 Å². The number of alkyl halides is 3. The first kappa shape index (κ1) is 18.8. The van der Waals surface area contributed by atoms with Crippen LogP contribution in [-0.2, 0) is 16.1 Å². The Hall–Kier alpha value is -2.29. The minimum Gasteiger partial charge on any atom is -0.475 e. The Balaban J connectivity index is 0.000000322. The molecule has 9 heteroatoms. The Morgan fingerprint density at radius 2 is 1.78 bits per heavy atom. The lowest BCUT2D eigenvalue weighted by Crippen LogP contribution is -2.66. The maximum absolute atomic E-state index is 11.5. The van der Waals surface area contributed by atoms with Gasteiger partial charge in [-0.05, 0) is 12.5 Å². The third-order valence-electron chi connectivity index (χ3n) is 2.81. The van der Waals surface area contributed by atoms with Crippen LogP contribution in [0.15, 0.2) is 30.3 Å². The average molecular weight is 334 g/mol. The first-order valence-corrected chi connectivity index (χ1v) is 6.56. The highest BCUT2D eigenvalue weighted by Gasteiger charge is 2.39. The summed E-state index contributed by atoms with van der Waals surface area (Å²) in [6.45, 7) is 3.38. The van der Waals surface area contributed by atoms with E-state index in [4.69, 9.17) is 20.4 Å². The predicted octanol–water partition coefficient (Wildman–Crippen LogP) is 1.99. The summed E-state index contributed by atoms with van der Waals surface area (Å²) in [6.07, 6.45) is -5.37. The van der Waals surface area contributed by atoms with Gasteiger partial charge in [-0.25, -0.2) is 9.59 Å². The molecule has 2 rings (SSSR count). The molecule has 1 amide bonds. The van der Waals surface area contributed by atoms with Crippen LogP contribution in [0.4, 0.5) is 18.0 Å². The predicted molar refractivity (Wildman–Crippen MR) is 74.5 cm³/mol. The molecule has 1 saturated heterocycles. The number of carboxylic acids is 1. The summed E-state index contributed by atoms with van der Waals surface area (Å²) < 4.78 is 36.9. The summed E-state index contributed by atoms with van der Waals surface area (Å²) in [5, 5.41) is 7.12. The van der Waals surface area contributed by atoms with Gasteiger partial charge < -0.3 is 20.5 Å². The number of hydrogen-bond donors (Lipinski definition) is 2. The van der Waals surface area contributed by atoms with Gasteiger partial charge in [0, 0.05) is 18.6 Å². The molecule has 0 aromatic heterocycles. The van der Waals surface area contributed by atoms with Crippen LogP contribution >= 0.6 is 0 Å². The molecule has 6 nitrogen and oxygen atoms in total. The molecule has 0 bridgehead atoms. The molecular formula is C14H17F3N2O4. The lowest BCUT2D eigenvalue weighted by atomic mass is 9.95. The van der Waals surface area contributed by atoms with Gasteiger partial charge in [0.1, 0.15) is 6.61 Å². The molecule has 0 unspecified atom stereocenters. The molecule has 0 saturated carbocycles. The summed E-state index contributed by atoms with van der Waals surface area (Å²) in [7, 11) is 0. The molecule has 1 heterocycles. The van der Waals surface area contributed by atoms with E-state index in [0.29, 0.717) is 19.7 Å². The van der Waals surface area contributed by atoms with Crippen molar-refractivity contribution in [2.75, 3.05) is 13.1 Å². The van der Waals surface area contributed by atoms with Crippen LogP contribution in [0.3, 0.4) is 0 Å². The van der Waals surface area contributed by atoms with Crippen LogP contribution in [0.1, 0.15) is 12.5 Å². The van der Waals surface area contributed by atoms with Crippen molar-refractivity contribution >= 4 is 12.1 Å². The third-order valence-corrected chi connectivity index (χ3v) is 2.81. The van der Waals surface area contributed by atoms with Crippen LogP contribution in [0, 0.1) is 0 Å². The fourth-order valence-corrected chi connectivity index (χ4v) is 1.77. The van der Waals surface area contributed by atoms with Gasteiger partial charge in [0.05, 0.1) is 0 Å². The van der Waals surface area contributed by atoms with Gasteiger partial charge in [0.25, 0.3) is 0 Å². The van der Waals surface area contributed by atoms with Crippen molar-refractivity contribution in [1.29, 1.82) is 0 Å². The summed E-state index contributed by atoms with van der Waals surface area (Å²) in [4.78, 5) is 22.0. The average Bonchev–Trinajstić information content (AvgIpc) is 2.43. The zero-order valence-electron chi connectivity index (χ0n) is 12.3. The normalized spacial score (nSPS) is 15.8. The Bertz CT molecular complexity index is 539. The number of amides is 1. The largest absolute Gasteiger partial charge is 0.490 e. The SMILES string of the molecule is CC1(N)CN(C(=O)OCc2ccccc2)C1.O=C(O)C(F)(F)F. The molecule has 0 aliphatic carbocycles. The number of hydrogen-bond acceptors (Lipinski definition) is 4. The highest BCUT2D eigenvalue weighted by molar-refractivity contribution is 5.73. The zero-order chi connectivity index (χ0) is 17.7. The number of benzene rings is 1. The molecular weight excluding hydrogens is 317 g/mol. The van der Waals surface area contributed by atoms with Crippen molar-refractivity contribution in [2.24, 2.45) is 5.73 Å². The molecule has 1 aromatic carbocycles. The number of carboxylic acid groups (broad SMARTS) is 1. The molecule has 1 aromatic rings. The number of carbonyl (C=O) groups excluding carboxylic acids is 1. The van der Waals surface area contributed by atoms with Crippen molar-refractivity contribution in [2.45, 2.75) is 25.2 Å². The van der Waals surface area contributed by atoms with Gasteiger partial charge in [0.15, 0.2) is 0 Å². The van der Waals surface area contributed by atoms with E-state index in [1.54, 1.807) is 4.90 Å². The number of ether oxygens (including phenoxy) is 1. The molecule has 23 heavy (non-hydrogen) atoms. The third kappa shape index (κ3) is 6.55. The summed E-state index contributed by atoms with van der Waals surface area (Å²) in [5.41, 5.74) is 6.56. The standard InChI is InChI=1S/C12H16N2O2.C2HF3O2/c1-12(13)8-14(9-12)11(15)16-7-10-5-3-2-4-6-10;3-2(4,5)1(6)7/h2-6H,7-9,13H2,1H3;(H,6,7). The second kappa shape index (κ2) is 7.32. The van der Waals surface area contributed by atoms with Gasteiger partial charge in [0.2, 0.25) is 0 Å². The van der Waals surface area contributed by atoms with E-state index in [1.165, 1.54) is 0 Å². The highest BCUT2D eigenvalue weighted by atomic mass is 19.4. The van der Waals surface area contributed by atoms with Crippen molar-refractivity contribution in [3.63, 3.8) is 0 Å². The molecule has 1 aliphatic heterocycles. The number of likely N-dealkylation sites (tertiary alicyclic amines) is 1. The lowest BCUT2D eigenvalue weighted by molar-refractivity contribution is -0.192. The van der Waals surface area contributed by atoms with Crippen LogP contribution in [-0.4, -0.2) is 46.9 Å². The van der Waals surface area contributed by atoms with Gasteiger partial charge in [-0.3, -0.25) is 0 Å². The smallest absolute Gasteiger partial charge is 0.475 e. The molecule has 0 atom stereocenters. The second-order valence-electron chi connectivity index (χ2n) is 5.35. The fourth-order valence-electron chi connectivity index (χ4n) is 1.77. The summed E-state index contributed by atoms with van der Waals surface area (Å²) in [5.74, 6) is -2.76. The van der Waals surface area contributed by atoms with Crippen LogP contribution in [0.25, 0.3) is 0 Å². The fraction of sp³-hybridized carbons (Fsp3) is 0.429. The van der Waals surface area contributed by atoms with Crippen LogP contribution in [0.2, 0.25) is 0 Å². The summed E-state index contributed by atoms with van der Waals surface area (Å²) >= 11 is 0. The van der Waals surface area contributed by atoms with Gasteiger partial charge in [-0.15, -0.1) is 0 Å². The summed E-state index contributed by atoms with van der Waals surface area (Å²) in [6, 6.07) is 9.63. The highest BCUT2D eigenvalue weighted by Crippen LogP contribution is 2.18. The Morgan fingerprint density at radius 3 is 2.17 bits per heavy atom. The van der Waals surface area contributed by atoms with E-state index in [0.717, 1.165) is 5.56 Å². The number of carbonyl (C=O) groups is 2. The minimum absolute atomic E-state index is 0.244. The first-order chi connectivity index (χ1) is 10.5. The lowest BCUT2D eigenvalue weighted by Gasteiger charge is -2.44. The molecule has 1 fully saturated rings. The van der Waals surface area contributed by atoms with E-state index in [-0.39, 0.29) is 11.6 Å². The number of nitrogens with zero attached hydrogens (tertiary/aromatic N) is 1. The maximum Gasteiger partial charge on any atom is 0.490 e. The van der Waals surface area contributed by atoms with Crippen molar-refractivity contribution in [3.05, 3.63) is 35.9 Å². The van der Waals surface area contributed by atoms with Gasteiger partial charge in [-0.2, -0.15) is 13.2 Å². The second-order valence-corrected chi connectivity index (χ2v) is 5.35. The van der Waals surface area contributed by atoms with E-state index >= 15 is 0 Å². The Morgan fingerprint density at radius 1 is 1.30 bits per heavy atom. The Labute approximate surface area is 130 Å². The molecule has 0 radical (unpaired) electrons. The quantitative estimate of drug-likeness (QED) is 0.863. The molecule has 128 valence electrons. The van der Waals surface area contributed by atoms with Crippen molar-refractivity contribution < 1.29 is 32.6 Å². The van der Waals surface area contributed by atoms with Crippen LogP contribution in [0.5, 0.6) is 0 Å². The van der Waals surface area contributed by atoms with E-state index in [1.807, 2.05) is 37.3 Å². The molecule has 1 aliphatic rings. The minimum atomic E-state index is -5.08. The van der Waals surface area contributed by atoms with Crippen molar-refractivity contribution in [1.82, 2.24) is 4.90 Å². The van der Waals surface area contributed by atoms with E-state index < -0.39 is 12.1 Å². The van der Waals surface area contributed by atoms with Crippen LogP contribution < -0.4 is 5.73 Å². The number of nitrogens with two attached hydrogens (primary N) is 1. The van der Waals surface area contributed by atoms with E-state index in [2.05, 4.69) is 0 Å². The molecule has 0 spiro atoms. The number of halogens is 3. The first-order valence-electron chi connectivity index (χ1n) is 6.56. The zero-order valence-corrected chi connectivity index (χ0v) is 12.3. The number of rotatable bonds is 2.